The number of amides is 1. The van der Waals surface area contributed by atoms with Crippen LogP contribution in [0.15, 0.2) is 24.4 Å². The highest BCUT2D eigenvalue weighted by Gasteiger charge is 2.03. The first kappa shape index (κ1) is 10.7. The van der Waals surface area contributed by atoms with Gasteiger partial charge in [-0.05, 0) is 18.7 Å². The van der Waals surface area contributed by atoms with Gasteiger partial charge < -0.3 is 10.6 Å². The molecule has 0 saturated carbocycles. The van der Waals surface area contributed by atoms with E-state index >= 15 is 0 Å². The third-order valence-corrected chi connectivity index (χ3v) is 1.73. The first-order valence-corrected chi connectivity index (χ1v) is 4.74. The quantitative estimate of drug-likeness (QED) is 0.690. The maximum Gasteiger partial charge on any atom is 0.269 e. The minimum atomic E-state index is -0.122. The molecule has 1 aromatic heterocycles. The fourth-order valence-corrected chi connectivity index (χ4v) is 1.03. The monoisotopic (exact) mass is 197 g/mol. The minimum Gasteiger partial charge on any atom is -0.349 e. The number of pyridine rings is 1. The molecule has 1 rings (SSSR count). The zero-order valence-corrected chi connectivity index (χ0v) is 8.29. The summed E-state index contributed by atoms with van der Waals surface area (Å²) >= 11 is 0. The fourth-order valence-electron chi connectivity index (χ4n) is 1.03. The van der Waals surface area contributed by atoms with Crippen molar-refractivity contribution in [3.8, 4) is 0 Å². The molecule has 4 heteroatoms. The predicted molar refractivity (Wildman–Crippen MR) is 59.3 cm³/mol. The van der Waals surface area contributed by atoms with Gasteiger partial charge in [0.2, 0.25) is 0 Å². The van der Waals surface area contributed by atoms with E-state index in [4.69, 9.17) is 0 Å². The molecule has 0 saturated heterocycles. The molecule has 0 atom stereocenters. The number of hydrogen-bond acceptors (Lipinski definition) is 3. The standard InChI is InChI=1S/C10H15N3O.2H2/c1-2-11-7-8-13-10(14)9-5-3-4-6-12-9;;/h3-6,11H,2,7-8H2,1H3,(H,13,14);2*1H. The largest absolute Gasteiger partial charge is 0.349 e. The van der Waals surface area contributed by atoms with Crippen molar-refractivity contribution < 1.29 is 7.65 Å². The Bertz CT molecular complexity index is 283. The summed E-state index contributed by atoms with van der Waals surface area (Å²) in [6.07, 6.45) is 1.61. The number of carbonyl (C=O) groups is 1. The van der Waals surface area contributed by atoms with Crippen LogP contribution in [0, 0.1) is 0 Å². The Labute approximate surface area is 86.7 Å². The van der Waals surface area contributed by atoms with Gasteiger partial charge >= 0.3 is 0 Å². The molecule has 0 spiro atoms. The molecule has 0 unspecified atom stereocenters. The van der Waals surface area contributed by atoms with Gasteiger partial charge in [0.05, 0.1) is 0 Å². The van der Waals surface area contributed by atoms with Gasteiger partial charge in [-0.2, -0.15) is 0 Å². The van der Waals surface area contributed by atoms with Crippen molar-refractivity contribution >= 4 is 5.91 Å². The average Bonchev–Trinajstić information content (AvgIpc) is 2.25. The number of aromatic nitrogens is 1. The van der Waals surface area contributed by atoms with Gasteiger partial charge in [-0.1, -0.05) is 13.0 Å². The molecule has 0 fully saturated rings. The number of rotatable bonds is 5. The van der Waals surface area contributed by atoms with Gasteiger partial charge in [0.15, 0.2) is 0 Å². The lowest BCUT2D eigenvalue weighted by Gasteiger charge is -2.04. The van der Waals surface area contributed by atoms with E-state index in [1.807, 2.05) is 6.92 Å². The van der Waals surface area contributed by atoms with E-state index in [2.05, 4.69) is 15.6 Å². The van der Waals surface area contributed by atoms with Crippen molar-refractivity contribution in [3.63, 3.8) is 0 Å². The second kappa shape index (κ2) is 6.10. The van der Waals surface area contributed by atoms with Crippen LogP contribution in [-0.4, -0.2) is 30.5 Å². The number of nitrogens with one attached hydrogen (secondary N) is 2. The highest BCUT2D eigenvalue weighted by molar-refractivity contribution is 5.92. The Kier molecular flexibility index (Phi) is 4.64. The lowest BCUT2D eigenvalue weighted by molar-refractivity contribution is 0.0949. The number of hydrogen-bond donors (Lipinski definition) is 2. The molecular weight excluding hydrogens is 178 g/mol. The summed E-state index contributed by atoms with van der Waals surface area (Å²) in [7, 11) is 0. The van der Waals surface area contributed by atoms with Crippen molar-refractivity contribution in [2.24, 2.45) is 0 Å². The molecule has 1 aromatic rings. The summed E-state index contributed by atoms with van der Waals surface area (Å²) in [6.45, 7) is 4.36. The van der Waals surface area contributed by atoms with E-state index in [1.165, 1.54) is 0 Å². The summed E-state index contributed by atoms with van der Waals surface area (Å²) in [5, 5.41) is 5.89. The molecule has 0 aliphatic rings. The predicted octanol–water partition coefficient (Wildman–Crippen LogP) is 0.913. The molecule has 4 nitrogen and oxygen atoms in total. The van der Waals surface area contributed by atoms with E-state index < -0.39 is 0 Å². The van der Waals surface area contributed by atoms with Crippen LogP contribution in [0.1, 0.15) is 20.3 Å². The van der Waals surface area contributed by atoms with Gasteiger partial charge in [-0.15, -0.1) is 0 Å². The highest BCUT2D eigenvalue weighted by atomic mass is 16.1. The van der Waals surface area contributed by atoms with Crippen LogP contribution in [0.3, 0.4) is 0 Å². The molecule has 1 amide bonds. The third kappa shape index (κ3) is 3.53. The Morgan fingerprint density at radius 3 is 3.00 bits per heavy atom. The first-order chi connectivity index (χ1) is 6.84. The molecule has 0 radical (unpaired) electrons. The second-order valence-electron chi connectivity index (χ2n) is 2.82. The number of nitrogens with zero attached hydrogens (tertiary/aromatic N) is 1. The molecule has 14 heavy (non-hydrogen) atoms. The SMILES string of the molecule is CCNCCNC(=O)c1ccccn1.[HH].[HH]. The van der Waals surface area contributed by atoms with Crippen LogP contribution < -0.4 is 10.6 Å². The summed E-state index contributed by atoms with van der Waals surface area (Å²) in [4.78, 5) is 15.4. The van der Waals surface area contributed by atoms with Gasteiger partial charge in [0.1, 0.15) is 5.69 Å². The highest BCUT2D eigenvalue weighted by Crippen LogP contribution is 1.91. The Morgan fingerprint density at radius 2 is 2.36 bits per heavy atom. The minimum absolute atomic E-state index is 0. The van der Waals surface area contributed by atoms with Gasteiger partial charge in [-0.3, -0.25) is 9.78 Å². The first-order valence-electron chi connectivity index (χ1n) is 4.74. The average molecular weight is 197 g/mol. The summed E-state index contributed by atoms with van der Waals surface area (Å²) in [5.41, 5.74) is 0.462. The normalized spacial score (nSPS) is 9.79. The van der Waals surface area contributed by atoms with Crippen molar-refractivity contribution in [2.75, 3.05) is 19.6 Å². The van der Waals surface area contributed by atoms with E-state index in [1.54, 1.807) is 24.4 Å². The Morgan fingerprint density at radius 1 is 1.50 bits per heavy atom. The molecule has 80 valence electrons. The Balaban J connectivity index is 0. The van der Waals surface area contributed by atoms with Crippen LogP contribution in [-0.2, 0) is 0 Å². The Hall–Kier alpha value is -1.42. The van der Waals surface area contributed by atoms with E-state index in [0.717, 1.165) is 13.1 Å². The summed E-state index contributed by atoms with van der Waals surface area (Å²) < 4.78 is 0. The molecule has 1 heterocycles. The van der Waals surface area contributed by atoms with Gasteiger partial charge in [0, 0.05) is 22.1 Å². The summed E-state index contributed by atoms with van der Waals surface area (Å²) in [6, 6.07) is 5.28. The van der Waals surface area contributed by atoms with Crippen molar-refractivity contribution in [1.29, 1.82) is 0 Å². The fraction of sp³-hybridized carbons (Fsp3) is 0.400. The number of carbonyl (C=O) groups excluding carboxylic acids is 1. The molecule has 0 aromatic carbocycles. The molecule has 0 bridgehead atoms. The topological polar surface area (TPSA) is 54.0 Å². The smallest absolute Gasteiger partial charge is 0.269 e. The molecule has 2 N–H and O–H groups in total. The van der Waals surface area contributed by atoms with Crippen LogP contribution in [0.2, 0.25) is 0 Å². The van der Waals surface area contributed by atoms with Crippen LogP contribution in [0.25, 0.3) is 0 Å². The van der Waals surface area contributed by atoms with Crippen LogP contribution in [0.4, 0.5) is 0 Å². The zero-order chi connectivity index (χ0) is 10.2. The summed E-state index contributed by atoms with van der Waals surface area (Å²) in [5.74, 6) is -0.122. The zero-order valence-electron chi connectivity index (χ0n) is 8.29. The van der Waals surface area contributed by atoms with E-state index in [9.17, 15) is 4.79 Å². The van der Waals surface area contributed by atoms with Crippen LogP contribution in [0.5, 0.6) is 0 Å². The molecule has 0 aliphatic carbocycles. The van der Waals surface area contributed by atoms with Gasteiger partial charge in [0.25, 0.3) is 5.91 Å². The molecule has 0 aliphatic heterocycles. The second-order valence-corrected chi connectivity index (χ2v) is 2.82. The van der Waals surface area contributed by atoms with Crippen LogP contribution >= 0.6 is 0 Å². The lowest BCUT2D eigenvalue weighted by Crippen LogP contribution is -2.32. The van der Waals surface area contributed by atoms with Crippen molar-refractivity contribution in [2.45, 2.75) is 6.92 Å². The lowest BCUT2D eigenvalue weighted by atomic mass is 10.3. The van der Waals surface area contributed by atoms with E-state index in [-0.39, 0.29) is 8.76 Å². The molecular formula is C10H19N3O. The third-order valence-electron chi connectivity index (χ3n) is 1.73. The number of likely N-dealkylation sites (N-methyl/N-ethyl adjacent to an activating group) is 1. The maximum absolute atomic E-state index is 11.4. The van der Waals surface area contributed by atoms with Crippen molar-refractivity contribution in [1.82, 2.24) is 15.6 Å². The van der Waals surface area contributed by atoms with E-state index in [0.29, 0.717) is 12.2 Å². The maximum atomic E-state index is 11.4. The van der Waals surface area contributed by atoms with Crippen molar-refractivity contribution in [3.05, 3.63) is 30.1 Å². The van der Waals surface area contributed by atoms with Gasteiger partial charge in [-0.25, -0.2) is 0 Å².